The molecule has 7 nitrogen and oxygen atoms in total. The van der Waals surface area contributed by atoms with E-state index in [1.54, 1.807) is 7.11 Å². The van der Waals surface area contributed by atoms with Gasteiger partial charge in [-0.1, -0.05) is 12.1 Å². The molecule has 1 aromatic heterocycles. The van der Waals surface area contributed by atoms with Crippen molar-refractivity contribution in [3.05, 3.63) is 47.7 Å². The number of rotatable bonds is 8. The average Bonchev–Trinajstić information content (AvgIpc) is 2.78. The zero-order valence-corrected chi connectivity index (χ0v) is 19.1. The number of benzene rings is 1. The largest absolute Gasteiger partial charge is 0.493 e. The first-order valence-electron chi connectivity index (χ1n) is 11.2. The van der Waals surface area contributed by atoms with Gasteiger partial charge in [0.25, 0.3) is 0 Å². The second-order valence-corrected chi connectivity index (χ2v) is 7.66. The van der Waals surface area contributed by atoms with Crippen molar-refractivity contribution in [3.63, 3.8) is 0 Å². The van der Waals surface area contributed by atoms with Crippen LogP contribution in [0.4, 0.5) is 5.82 Å². The van der Waals surface area contributed by atoms with Crippen LogP contribution in [-0.2, 0) is 6.54 Å². The minimum absolute atomic E-state index is 0.397. The molecule has 1 aromatic carbocycles. The molecule has 0 saturated carbocycles. The van der Waals surface area contributed by atoms with Crippen LogP contribution in [0.15, 0.2) is 41.4 Å². The fourth-order valence-corrected chi connectivity index (χ4v) is 3.73. The molecule has 0 radical (unpaired) electrons. The van der Waals surface area contributed by atoms with Gasteiger partial charge in [0.2, 0.25) is 0 Å². The van der Waals surface area contributed by atoms with Crippen LogP contribution in [-0.4, -0.2) is 50.3 Å². The highest BCUT2D eigenvalue weighted by atomic mass is 16.5. The number of aliphatic imine (C=N–C) groups is 1. The van der Waals surface area contributed by atoms with E-state index in [9.17, 15) is 0 Å². The molecule has 1 fully saturated rings. The lowest BCUT2D eigenvalue weighted by atomic mass is 10.1. The van der Waals surface area contributed by atoms with Crippen LogP contribution in [0.1, 0.15) is 37.9 Å². The van der Waals surface area contributed by atoms with Gasteiger partial charge in [-0.2, -0.15) is 0 Å². The first-order chi connectivity index (χ1) is 15.1. The van der Waals surface area contributed by atoms with E-state index in [0.29, 0.717) is 19.2 Å². The molecule has 2 N–H and O–H groups in total. The summed E-state index contributed by atoms with van der Waals surface area (Å²) in [4.78, 5) is 11.8. The smallest absolute Gasteiger partial charge is 0.191 e. The Morgan fingerprint density at radius 3 is 2.65 bits per heavy atom. The molecule has 0 amide bonds. The molecule has 0 spiro atoms. The van der Waals surface area contributed by atoms with Crippen molar-refractivity contribution in [2.45, 2.75) is 46.2 Å². The summed E-state index contributed by atoms with van der Waals surface area (Å²) in [5, 5.41) is 6.98. The van der Waals surface area contributed by atoms with Crippen LogP contribution in [0.2, 0.25) is 0 Å². The molecule has 168 valence electrons. The van der Waals surface area contributed by atoms with Crippen molar-refractivity contribution in [3.8, 4) is 11.5 Å². The van der Waals surface area contributed by atoms with E-state index in [1.807, 2.05) is 38.1 Å². The molecule has 0 bridgehead atoms. The number of nitrogens with zero attached hydrogens (tertiary/aromatic N) is 3. The minimum Gasteiger partial charge on any atom is -0.493 e. The number of piperidine rings is 1. The molecule has 0 unspecified atom stereocenters. The normalized spacial score (nSPS) is 15.0. The molecular formula is C24H35N5O2. The molecule has 2 aromatic rings. The summed E-state index contributed by atoms with van der Waals surface area (Å²) in [6.07, 6.45) is 2.11. The number of nitrogens with one attached hydrogen (secondary N) is 2. The van der Waals surface area contributed by atoms with Crippen molar-refractivity contribution in [2.75, 3.05) is 38.3 Å². The molecule has 0 atom stereocenters. The predicted molar refractivity (Wildman–Crippen MR) is 126 cm³/mol. The Morgan fingerprint density at radius 2 is 1.97 bits per heavy atom. The topological polar surface area (TPSA) is 71.0 Å². The third kappa shape index (κ3) is 6.51. The van der Waals surface area contributed by atoms with Gasteiger partial charge in [0.05, 0.1) is 20.3 Å². The number of anilines is 1. The van der Waals surface area contributed by atoms with E-state index in [2.05, 4.69) is 39.6 Å². The van der Waals surface area contributed by atoms with Crippen molar-refractivity contribution < 1.29 is 9.47 Å². The molecular weight excluding hydrogens is 390 g/mol. The quantitative estimate of drug-likeness (QED) is 0.498. The summed E-state index contributed by atoms with van der Waals surface area (Å²) < 4.78 is 11.1. The number of methoxy groups -OCH3 is 1. The lowest BCUT2D eigenvalue weighted by Gasteiger charge is -2.34. The fourth-order valence-electron chi connectivity index (χ4n) is 3.73. The van der Waals surface area contributed by atoms with Gasteiger partial charge in [0, 0.05) is 31.4 Å². The number of pyridine rings is 1. The average molecular weight is 426 g/mol. The van der Waals surface area contributed by atoms with Gasteiger partial charge < -0.3 is 25.0 Å². The molecule has 1 saturated heterocycles. The van der Waals surface area contributed by atoms with Gasteiger partial charge in [0.1, 0.15) is 5.82 Å². The molecule has 2 heterocycles. The standard InChI is InChI=1S/C24H35N5O2/c1-5-25-24(26-17-19-10-11-21(30-4)22(16-19)31-6-2)28-20-12-14-29(15-13-20)23-9-7-8-18(3)27-23/h7-11,16,20H,5-6,12-15,17H2,1-4H3,(H2,25,26,28). The highest BCUT2D eigenvalue weighted by Gasteiger charge is 2.21. The summed E-state index contributed by atoms with van der Waals surface area (Å²) in [6, 6.07) is 12.6. The van der Waals surface area contributed by atoms with Crippen LogP contribution >= 0.6 is 0 Å². The van der Waals surface area contributed by atoms with Crippen molar-refractivity contribution in [1.29, 1.82) is 0 Å². The maximum Gasteiger partial charge on any atom is 0.191 e. The summed E-state index contributed by atoms with van der Waals surface area (Å²) >= 11 is 0. The van der Waals surface area contributed by atoms with E-state index in [1.165, 1.54) is 0 Å². The van der Waals surface area contributed by atoms with Gasteiger partial charge >= 0.3 is 0 Å². The van der Waals surface area contributed by atoms with Gasteiger partial charge in [-0.25, -0.2) is 9.98 Å². The highest BCUT2D eigenvalue weighted by molar-refractivity contribution is 5.80. The summed E-state index contributed by atoms with van der Waals surface area (Å²) in [5.74, 6) is 3.43. The number of aryl methyl sites for hydroxylation is 1. The zero-order chi connectivity index (χ0) is 22.1. The van der Waals surface area contributed by atoms with Gasteiger partial charge in [-0.05, 0) is 63.4 Å². The monoisotopic (exact) mass is 425 g/mol. The zero-order valence-electron chi connectivity index (χ0n) is 19.1. The van der Waals surface area contributed by atoms with Crippen LogP contribution in [0.5, 0.6) is 11.5 Å². The number of ether oxygens (including phenoxy) is 2. The van der Waals surface area contributed by atoms with E-state index in [4.69, 9.17) is 14.5 Å². The number of hydrogen-bond acceptors (Lipinski definition) is 5. The number of hydrogen-bond donors (Lipinski definition) is 2. The van der Waals surface area contributed by atoms with Crippen LogP contribution in [0.3, 0.4) is 0 Å². The molecule has 3 rings (SSSR count). The summed E-state index contributed by atoms with van der Waals surface area (Å²) in [6.45, 7) is 10.1. The minimum atomic E-state index is 0.397. The first-order valence-corrected chi connectivity index (χ1v) is 11.2. The third-order valence-electron chi connectivity index (χ3n) is 5.33. The Kier molecular flexibility index (Phi) is 8.38. The third-order valence-corrected chi connectivity index (χ3v) is 5.33. The first kappa shape index (κ1) is 22.7. The maximum atomic E-state index is 5.68. The van der Waals surface area contributed by atoms with Crippen molar-refractivity contribution in [1.82, 2.24) is 15.6 Å². The Hall–Kier alpha value is -2.96. The highest BCUT2D eigenvalue weighted by Crippen LogP contribution is 2.28. The van der Waals surface area contributed by atoms with Crippen LogP contribution < -0.4 is 25.0 Å². The second-order valence-electron chi connectivity index (χ2n) is 7.66. The van der Waals surface area contributed by atoms with Crippen LogP contribution in [0, 0.1) is 6.92 Å². The van der Waals surface area contributed by atoms with Crippen molar-refractivity contribution in [2.24, 2.45) is 4.99 Å². The Bertz CT molecular complexity index is 863. The van der Waals surface area contributed by atoms with E-state index < -0.39 is 0 Å². The Balaban J connectivity index is 1.58. The Labute approximate surface area is 185 Å². The van der Waals surface area contributed by atoms with E-state index in [0.717, 1.165) is 67.0 Å². The molecule has 1 aliphatic rings. The molecule has 31 heavy (non-hydrogen) atoms. The fraction of sp³-hybridized carbons (Fsp3) is 0.500. The van der Waals surface area contributed by atoms with E-state index >= 15 is 0 Å². The van der Waals surface area contributed by atoms with Gasteiger partial charge in [0.15, 0.2) is 17.5 Å². The van der Waals surface area contributed by atoms with Crippen molar-refractivity contribution >= 4 is 11.8 Å². The molecule has 0 aliphatic carbocycles. The number of guanidine groups is 1. The summed E-state index contributed by atoms with van der Waals surface area (Å²) in [7, 11) is 1.66. The lowest BCUT2D eigenvalue weighted by molar-refractivity contribution is 0.310. The predicted octanol–water partition coefficient (Wildman–Crippen LogP) is 3.52. The van der Waals surface area contributed by atoms with Gasteiger partial charge in [-0.15, -0.1) is 0 Å². The van der Waals surface area contributed by atoms with E-state index in [-0.39, 0.29) is 0 Å². The molecule has 7 heteroatoms. The lowest BCUT2D eigenvalue weighted by Crippen LogP contribution is -2.48. The summed E-state index contributed by atoms with van der Waals surface area (Å²) in [5.41, 5.74) is 2.15. The Morgan fingerprint density at radius 1 is 1.16 bits per heavy atom. The SMILES string of the molecule is CCNC(=NCc1ccc(OC)c(OCC)c1)NC1CCN(c2cccc(C)n2)CC1. The van der Waals surface area contributed by atoms with Crippen LogP contribution in [0.25, 0.3) is 0 Å². The number of aromatic nitrogens is 1. The maximum absolute atomic E-state index is 5.68. The van der Waals surface area contributed by atoms with Gasteiger partial charge in [-0.3, -0.25) is 0 Å². The second kappa shape index (κ2) is 11.4. The molecule has 1 aliphatic heterocycles.